The summed E-state index contributed by atoms with van der Waals surface area (Å²) in [5, 5.41) is 9.61. The normalized spacial score (nSPS) is 18.9. The van der Waals surface area contributed by atoms with E-state index < -0.39 is 0 Å². The fourth-order valence-electron chi connectivity index (χ4n) is 2.52. The summed E-state index contributed by atoms with van der Waals surface area (Å²) in [5.41, 5.74) is 1.02. The molecule has 20 heavy (non-hydrogen) atoms. The summed E-state index contributed by atoms with van der Waals surface area (Å²) in [7, 11) is 1.63. The predicted molar refractivity (Wildman–Crippen MR) is 80.8 cm³/mol. The first-order valence-electron chi connectivity index (χ1n) is 6.88. The largest absolute Gasteiger partial charge is 0.496 e. The molecule has 1 N–H and O–H groups in total. The van der Waals surface area contributed by atoms with Gasteiger partial charge in [0.1, 0.15) is 5.75 Å². The number of benzene rings is 1. The molecule has 1 aromatic carbocycles. The number of halogens is 1. The number of piperidine rings is 1. The average Bonchev–Trinajstić information content (AvgIpc) is 2.45. The van der Waals surface area contributed by atoms with Crippen molar-refractivity contribution in [3.63, 3.8) is 0 Å². The molecule has 110 valence electrons. The molecule has 0 radical (unpaired) electrons. The summed E-state index contributed by atoms with van der Waals surface area (Å²) in [6.07, 6.45) is 2.40. The zero-order valence-electron chi connectivity index (χ0n) is 11.6. The van der Waals surface area contributed by atoms with Crippen LogP contribution in [-0.4, -0.2) is 42.2 Å². The molecule has 2 rings (SSSR count). The van der Waals surface area contributed by atoms with Gasteiger partial charge in [-0.15, -0.1) is 0 Å². The summed E-state index contributed by atoms with van der Waals surface area (Å²) in [4.78, 5) is 13.9. The maximum atomic E-state index is 12.2. The number of hydrogen-bond acceptors (Lipinski definition) is 3. The number of methoxy groups -OCH3 is 1. The number of aryl methyl sites for hydroxylation is 1. The van der Waals surface area contributed by atoms with Crippen LogP contribution in [0.25, 0.3) is 0 Å². The minimum absolute atomic E-state index is 0.103. The van der Waals surface area contributed by atoms with Gasteiger partial charge in [-0.2, -0.15) is 0 Å². The minimum atomic E-state index is -0.367. The topological polar surface area (TPSA) is 49.8 Å². The first-order valence-corrected chi connectivity index (χ1v) is 7.67. The molecular weight excluding hydrogens is 322 g/mol. The fourth-order valence-corrected chi connectivity index (χ4v) is 2.93. The molecule has 1 fully saturated rings. The molecule has 0 aromatic heterocycles. The smallest absolute Gasteiger partial charge is 0.222 e. The Hall–Kier alpha value is -1.07. The van der Waals surface area contributed by atoms with E-state index in [1.54, 1.807) is 12.0 Å². The van der Waals surface area contributed by atoms with Crippen LogP contribution in [0.5, 0.6) is 5.75 Å². The SMILES string of the molecule is COc1ccc(Br)cc1CCC(=O)N1CCC[C@H](O)C1. The quantitative estimate of drug-likeness (QED) is 0.914. The number of likely N-dealkylation sites (tertiary alicyclic amines) is 1. The van der Waals surface area contributed by atoms with Gasteiger partial charge < -0.3 is 14.7 Å². The van der Waals surface area contributed by atoms with Gasteiger partial charge in [0.15, 0.2) is 0 Å². The first kappa shape index (κ1) is 15.3. The highest BCUT2D eigenvalue weighted by Crippen LogP contribution is 2.24. The van der Waals surface area contributed by atoms with Gasteiger partial charge in [-0.25, -0.2) is 0 Å². The summed E-state index contributed by atoms with van der Waals surface area (Å²) in [6.45, 7) is 1.22. The van der Waals surface area contributed by atoms with Gasteiger partial charge in [-0.1, -0.05) is 15.9 Å². The zero-order chi connectivity index (χ0) is 14.5. The monoisotopic (exact) mass is 341 g/mol. The Kier molecular flexibility index (Phi) is 5.43. The molecule has 1 aliphatic heterocycles. The van der Waals surface area contributed by atoms with Gasteiger partial charge in [-0.05, 0) is 43.0 Å². The van der Waals surface area contributed by atoms with E-state index >= 15 is 0 Å². The Morgan fingerprint density at radius 2 is 2.35 bits per heavy atom. The lowest BCUT2D eigenvalue weighted by molar-refractivity contribution is -0.134. The van der Waals surface area contributed by atoms with Gasteiger partial charge in [0, 0.05) is 24.0 Å². The summed E-state index contributed by atoms with van der Waals surface area (Å²) < 4.78 is 6.29. The Labute approximate surface area is 127 Å². The molecule has 0 saturated carbocycles. The highest BCUT2D eigenvalue weighted by atomic mass is 79.9. The van der Waals surface area contributed by atoms with E-state index in [-0.39, 0.29) is 12.0 Å². The Bertz CT molecular complexity index is 478. The van der Waals surface area contributed by atoms with Crippen molar-refractivity contribution >= 4 is 21.8 Å². The first-order chi connectivity index (χ1) is 9.60. The van der Waals surface area contributed by atoms with Crippen LogP contribution in [0, 0.1) is 0 Å². The molecule has 1 amide bonds. The molecule has 1 aliphatic rings. The molecule has 1 heterocycles. The number of rotatable bonds is 4. The van der Waals surface area contributed by atoms with Gasteiger partial charge in [0.2, 0.25) is 5.91 Å². The van der Waals surface area contributed by atoms with Gasteiger partial charge in [0.25, 0.3) is 0 Å². The van der Waals surface area contributed by atoms with Crippen LogP contribution in [0.4, 0.5) is 0 Å². The number of β-amino-alcohol motifs (C(OH)–C–C–N with tert-alkyl or cyclic N) is 1. The maximum Gasteiger partial charge on any atom is 0.222 e. The molecule has 0 spiro atoms. The molecule has 0 bridgehead atoms. The molecule has 4 nitrogen and oxygen atoms in total. The van der Waals surface area contributed by atoms with Crippen LogP contribution in [-0.2, 0) is 11.2 Å². The highest BCUT2D eigenvalue weighted by molar-refractivity contribution is 9.10. The number of hydrogen-bond donors (Lipinski definition) is 1. The van der Waals surface area contributed by atoms with Crippen LogP contribution in [0.15, 0.2) is 22.7 Å². The summed E-state index contributed by atoms with van der Waals surface area (Å²) in [6, 6.07) is 5.80. The van der Waals surface area contributed by atoms with Crippen molar-refractivity contribution < 1.29 is 14.6 Å². The van der Waals surface area contributed by atoms with Crippen LogP contribution >= 0.6 is 15.9 Å². The predicted octanol–water partition coefficient (Wildman–Crippen LogP) is 2.37. The lowest BCUT2D eigenvalue weighted by atomic mass is 10.1. The number of nitrogens with zero attached hydrogens (tertiary/aromatic N) is 1. The van der Waals surface area contributed by atoms with Crippen LogP contribution < -0.4 is 4.74 Å². The fraction of sp³-hybridized carbons (Fsp3) is 0.533. The lowest BCUT2D eigenvalue weighted by Crippen LogP contribution is -2.42. The summed E-state index contributed by atoms with van der Waals surface area (Å²) in [5.74, 6) is 0.908. The number of amides is 1. The van der Waals surface area contributed by atoms with E-state index in [2.05, 4.69) is 15.9 Å². The third-order valence-electron chi connectivity index (χ3n) is 3.60. The Morgan fingerprint density at radius 3 is 3.05 bits per heavy atom. The maximum absolute atomic E-state index is 12.2. The van der Waals surface area contributed by atoms with Crippen molar-refractivity contribution in [2.24, 2.45) is 0 Å². The van der Waals surface area contributed by atoms with Crippen molar-refractivity contribution in [3.05, 3.63) is 28.2 Å². The Morgan fingerprint density at radius 1 is 1.55 bits per heavy atom. The van der Waals surface area contributed by atoms with Crippen LogP contribution in [0.1, 0.15) is 24.8 Å². The Balaban J connectivity index is 1.94. The van der Waals surface area contributed by atoms with Gasteiger partial charge in [-0.3, -0.25) is 4.79 Å². The molecule has 5 heteroatoms. The van der Waals surface area contributed by atoms with Crippen molar-refractivity contribution in [2.45, 2.75) is 31.8 Å². The van der Waals surface area contributed by atoms with Crippen molar-refractivity contribution in [2.75, 3.05) is 20.2 Å². The van der Waals surface area contributed by atoms with Gasteiger partial charge >= 0.3 is 0 Å². The van der Waals surface area contributed by atoms with E-state index in [0.29, 0.717) is 19.4 Å². The highest BCUT2D eigenvalue weighted by Gasteiger charge is 2.21. The molecular formula is C15H20BrNO3. The second-order valence-corrected chi connectivity index (χ2v) is 6.01. The molecule has 1 saturated heterocycles. The van der Waals surface area contributed by atoms with Gasteiger partial charge in [0.05, 0.1) is 13.2 Å². The second-order valence-electron chi connectivity index (χ2n) is 5.09. The van der Waals surface area contributed by atoms with E-state index in [4.69, 9.17) is 4.74 Å². The lowest BCUT2D eigenvalue weighted by Gasteiger charge is -2.30. The average molecular weight is 342 g/mol. The third-order valence-corrected chi connectivity index (χ3v) is 4.09. The number of aliphatic hydroxyl groups is 1. The number of aliphatic hydroxyl groups excluding tert-OH is 1. The van der Waals surface area contributed by atoms with Crippen LogP contribution in [0.3, 0.4) is 0 Å². The third kappa shape index (κ3) is 3.96. The second kappa shape index (κ2) is 7.09. The molecule has 1 atom stereocenters. The minimum Gasteiger partial charge on any atom is -0.496 e. The molecule has 0 unspecified atom stereocenters. The van der Waals surface area contributed by atoms with E-state index in [9.17, 15) is 9.90 Å². The summed E-state index contributed by atoms with van der Waals surface area (Å²) >= 11 is 3.43. The molecule has 0 aliphatic carbocycles. The van der Waals surface area contributed by atoms with Crippen molar-refractivity contribution in [3.8, 4) is 5.75 Å². The standard InChI is InChI=1S/C15H20BrNO3/c1-20-14-6-5-12(16)9-11(14)4-7-15(19)17-8-2-3-13(18)10-17/h5-6,9,13,18H,2-4,7-8,10H2,1H3/t13-/m0/s1. The van der Waals surface area contributed by atoms with E-state index in [1.165, 1.54) is 0 Å². The number of carbonyl (C=O) groups excluding carboxylic acids is 1. The van der Waals surface area contributed by atoms with Crippen LogP contribution in [0.2, 0.25) is 0 Å². The van der Waals surface area contributed by atoms with E-state index in [1.807, 2.05) is 18.2 Å². The van der Waals surface area contributed by atoms with Crippen molar-refractivity contribution in [1.29, 1.82) is 0 Å². The zero-order valence-corrected chi connectivity index (χ0v) is 13.2. The van der Waals surface area contributed by atoms with Crippen molar-refractivity contribution in [1.82, 2.24) is 4.90 Å². The van der Waals surface area contributed by atoms with E-state index in [0.717, 1.165) is 35.2 Å². The molecule has 1 aromatic rings. The number of carbonyl (C=O) groups is 1. The number of ether oxygens (including phenoxy) is 1.